The third kappa shape index (κ3) is 0.834. The van der Waals surface area contributed by atoms with E-state index in [1.807, 2.05) is 0 Å². The van der Waals surface area contributed by atoms with Gasteiger partial charge in [-0.25, -0.2) is 0 Å². The smallest absolute Gasteiger partial charge is 0.0128 e. The third-order valence-corrected chi connectivity index (χ3v) is 4.51. The Balaban J connectivity index is 1.83. The molecule has 0 spiro atoms. The van der Waals surface area contributed by atoms with E-state index in [4.69, 9.17) is 0 Å². The first-order chi connectivity index (χ1) is 5.86. The molecule has 3 aliphatic rings. The lowest BCUT2D eigenvalue weighted by Gasteiger charge is -2.23. The molecule has 4 atom stereocenters. The molecule has 2 heterocycles. The predicted molar refractivity (Wildman–Crippen MR) is 50.0 cm³/mol. The quantitative estimate of drug-likeness (QED) is 0.532. The molecule has 2 aliphatic heterocycles. The van der Waals surface area contributed by atoms with Gasteiger partial charge in [-0.2, -0.15) is 0 Å². The molecule has 3 rings (SSSR count). The Hall–Kier alpha value is -0.0400. The predicted octanol–water partition coefficient (Wildman–Crippen LogP) is 2.27. The average Bonchev–Trinajstić information content (AvgIpc) is 2.63. The zero-order valence-corrected chi connectivity index (χ0v) is 8.00. The van der Waals surface area contributed by atoms with E-state index in [9.17, 15) is 0 Å². The molecule has 0 unspecified atom stereocenters. The van der Waals surface area contributed by atoms with E-state index >= 15 is 0 Å². The molecule has 1 saturated carbocycles. The third-order valence-electron chi connectivity index (χ3n) is 4.51. The monoisotopic (exact) mass is 165 g/mol. The van der Waals surface area contributed by atoms with Gasteiger partial charge in [0.05, 0.1) is 0 Å². The second-order valence-corrected chi connectivity index (χ2v) is 5.07. The second kappa shape index (κ2) is 2.47. The molecular weight excluding hydrogens is 146 g/mol. The van der Waals surface area contributed by atoms with E-state index in [0.29, 0.717) is 0 Å². The summed E-state index contributed by atoms with van der Waals surface area (Å²) in [6, 6.07) is 2.00. The molecule has 3 fully saturated rings. The molecule has 0 amide bonds. The summed E-state index contributed by atoms with van der Waals surface area (Å²) in [5.74, 6) is 2.09. The van der Waals surface area contributed by atoms with Crippen molar-refractivity contribution >= 4 is 0 Å². The van der Waals surface area contributed by atoms with E-state index in [1.54, 1.807) is 0 Å². The highest BCUT2D eigenvalue weighted by atomic mass is 15.2. The fraction of sp³-hybridized carbons (Fsp3) is 1.00. The molecule has 0 radical (unpaired) electrons. The lowest BCUT2D eigenvalue weighted by atomic mass is 9.94. The van der Waals surface area contributed by atoms with Crippen LogP contribution >= 0.6 is 0 Å². The van der Waals surface area contributed by atoms with Crippen LogP contribution in [0.2, 0.25) is 0 Å². The summed E-state index contributed by atoms with van der Waals surface area (Å²) in [7, 11) is 0. The SMILES string of the molecule is C[C@@H]1CCN2[C@@H]1C[C@H]1CCC[C@@H]12. The first kappa shape index (κ1) is 7.37. The van der Waals surface area contributed by atoms with Crippen LogP contribution in [0.25, 0.3) is 0 Å². The molecule has 0 aromatic heterocycles. The van der Waals surface area contributed by atoms with Gasteiger partial charge >= 0.3 is 0 Å². The highest BCUT2D eigenvalue weighted by Gasteiger charge is 2.47. The first-order valence-corrected chi connectivity index (χ1v) is 5.62. The van der Waals surface area contributed by atoms with Crippen LogP contribution < -0.4 is 0 Å². The summed E-state index contributed by atoms with van der Waals surface area (Å²) in [4.78, 5) is 2.84. The molecule has 1 heteroatoms. The molecule has 0 N–H and O–H groups in total. The Morgan fingerprint density at radius 3 is 2.92 bits per heavy atom. The molecule has 12 heavy (non-hydrogen) atoms. The molecule has 1 nitrogen and oxygen atoms in total. The zero-order chi connectivity index (χ0) is 8.13. The van der Waals surface area contributed by atoms with Gasteiger partial charge in [0.25, 0.3) is 0 Å². The van der Waals surface area contributed by atoms with E-state index in [0.717, 1.165) is 23.9 Å². The Bertz CT molecular complexity index is 187. The van der Waals surface area contributed by atoms with E-state index in [-0.39, 0.29) is 0 Å². The second-order valence-electron chi connectivity index (χ2n) is 5.07. The lowest BCUT2D eigenvalue weighted by Crippen LogP contribution is -2.32. The Morgan fingerprint density at radius 1 is 1.08 bits per heavy atom. The summed E-state index contributed by atoms with van der Waals surface area (Å²) in [5, 5.41) is 0. The van der Waals surface area contributed by atoms with Gasteiger partial charge < -0.3 is 0 Å². The van der Waals surface area contributed by atoms with Gasteiger partial charge in [0, 0.05) is 12.1 Å². The summed E-state index contributed by atoms with van der Waals surface area (Å²) < 4.78 is 0. The topological polar surface area (TPSA) is 3.24 Å². The van der Waals surface area contributed by atoms with Gasteiger partial charge in [-0.05, 0) is 44.1 Å². The molecule has 2 saturated heterocycles. The number of fused-ring (bicyclic) bond motifs is 3. The fourth-order valence-electron chi connectivity index (χ4n) is 3.86. The van der Waals surface area contributed by atoms with Crippen LogP contribution in [0.15, 0.2) is 0 Å². The highest BCUT2D eigenvalue weighted by Crippen LogP contribution is 2.46. The van der Waals surface area contributed by atoms with Gasteiger partial charge in [-0.3, -0.25) is 4.90 Å². The van der Waals surface area contributed by atoms with Crippen LogP contribution in [0.1, 0.15) is 39.0 Å². The van der Waals surface area contributed by atoms with E-state index in [1.165, 1.54) is 38.6 Å². The van der Waals surface area contributed by atoms with Crippen molar-refractivity contribution in [2.75, 3.05) is 6.54 Å². The number of nitrogens with zero attached hydrogens (tertiary/aromatic N) is 1. The summed E-state index contributed by atoms with van der Waals surface area (Å²) in [6.45, 7) is 3.86. The highest BCUT2D eigenvalue weighted by molar-refractivity contribution is 5.01. The Morgan fingerprint density at radius 2 is 2.00 bits per heavy atom. The summed E-state index contributed by atoms with van der Waals surface area (Å²) >= 11 is 0. The molecule has 0 aromatic rings. The maximum Gasteiger partial charge on any atom is 0.0128 e. The van der Waals surface area contributed by atoms with Crippen molar-refractivity contribution in [2.24, 2.45) is 11.8 Å². The normalized spacial score (nSPS) is 52.8. The van der Waals surface area contributed by atoms with Gasteiger partial charge in [0.2, 0.25) is 0 Å². The van der Waals surface area contributed by atoms with Crippen molar-refractivity contribution < 1.29 is 0 Å². The van der Waals surface area contributed by atoms with Gasteiger partial charge in [0.1, 0.15) is 0 Å². The molecular formula is C11H19N. The van der Waals surface area contributed by atoms with Crippen LogP contribution in [0.4, 0.5) is 0 Å². The minimum absolute atomic E-state index is 0.986. The van der Waals surface area contributed by atoms with E-state index < -0.39 is 0 Å². The summed E-state index contributed by atoms with van der Waals surface area (Å²) in [5.41, 5.74) is 0. The van der Waals surface area contributed by atoms with Crippen LogP contribution in [0, 0.1) is 11.8 Å². The van der Waals surface area contributed by atoms with Crippen molar-refractivity contribution in [1.29, 1.82) is 0 Å². The van der Waals surface area contributed by atoms with Gasteiger partial charge in [-0.15, -0.1) is 0 Å². The minimum Gasteiger partial charge on any atom is -0.297 e. The van der Waals surface area contributed by atoms with Crippen LogP contribution in [0.3, 0.4) is 0 Å². The fourth-order valence-corrected chi connectivity index (χ4v) is 3.86. The number of hydrogen-bond acceptors (Lipinski definition) is 1. The Kier molecular flexibility index (Phi) is 1.52. The van der Waals surface area contributed by atoms with Crippen molar-refractivity contribution in [1.82, 2.24) is 4.90 Å². The largest absolute Gasteiger partial charge is 0.297 e. The van der Waals surface area contributed by atoms with Crippen molar-refractivity contribution in [3.05, 3.63) is 0 Å². The zero-order valence-electron chi connectivity index (χ0n) is 8.00. The van der Waals surface area contributed by atoms with Gasteiger partial charge in [-0.1, -0.05) is 13.3 Å². The van der Waals surface area contributed by atoms with Gasteiger partial charge in [0.15, 0.2) is 0 Å². The van der Waals surface area contributed by atoms with Crippen LogP contribution in [-0.4, -0.2) is 23.5 Å². The molecule has 0 aromatic carbocycles. The maximum absolute atomic E-state index is 2.84. The summed E-state index contributed by atoms with van der Waals surface area (Å²) in [6.07, 6.45) is 7.55. The van der Waals surface area contributed by atoms with Crippen molar-refractivity contribution in [3.63, 3.8) is 0 Å². The lowest BCUT2D eigenvalue weighted by molar-refractivity contribution is 0.224. The molecule has 68 valence electrons. The maximum atomic E-state index is 2.84. The average molecular weight is 165 g/mol. The van der Waals surface area contributed by atoms with Crippen molar-refractivity contribution in [2.45, 2.75) is 51.1 Å². The molecule has 0 bridgehead atoms. The minimum atomic E-state index is 0.986. The van der Waals surface area contributed by atoms with E-state index in [2.05, 4.69) is 11.8 Å². The first-order valence-electron chi connectivity index (χ1n) is 5.62. The van der Waals surface area contributed by atoms with Crippen LogP contribution in [-0.2, 0) is 0 Å². The van der Waals surface area contributed by atoms with Crippen LogP contribution in [0.5, 0.6) is 0 Å². The molecule has 1 aliphatic carbocycles. The number of hydrogen-bond donors (Lipinski definition) is 0. The number of rotatable bonds is 0. The van der Waals surface area contributed by atoms with Crippen molar-refractivity contribution in [3.8, 4) is 0 Å². The Labute approximate surface area is 75.1 Å². The standard InChI is InChI=1S/C11H19N/c1-8-5-6-12-10-4-2-3-9(10)7-11(8)12/h8-11H,2-7H2,1H3/t8-,9-,10+,11-/m1/s1.